The second-order valence-electron chi connectivity index (χ2n) is 8.21. The number of carbonyl (C=O) groups is 1. The molecule has 2 aromatic rings. The molecule has 2 aromatic carbocycles. The first-order valence-electron chi connectivity index (χ1n) is 10.5. The van der Waals surface area contributed by atoms with Gasteiger partial charge in [0.05, 0.1) is 19.3 Å². The monoisotopic (exact) mass is 394 g/mol. The Kier molecular flexibility index (Phi) is 5.88. The van der Waals surface area contributed by atoms with Crippen LogP contribution in [0.1, 0.15) is 43.0 Å². The molecule has 2 atom stereocenters. The summed E-state index contributed by atoms with van der Waals surface area (Å²) in [6.45, 7) is 9.27. The molecule has 29 heavy (non-hydrogen) atoms. The molecule has 0 bridgehead atoms. The maximum absolute atomic E-state index is 12.8. The summed E-state index contributed by atoms with van der Waals surface area (Å²) in [6, 6.07) is 18.6. The molecule has 0 radical (unpaired) electrons. The number of benzene rings is 2. The number of nitrogens with zero attached hydrogens (tertiary/aromatic N) is 2. The minimum atomic E-state index is -0.582. The van der Waals surface area contributed by atoms with Gasteiger partial charge < -0.3 is 14.4 Å². The Morgan fingerprint density at radius 3 is 2.34 bits per heavy atom. The Bertz CT molecular complexity index is 818. The van der Waals surface area contributed by atoms with Gasteiger partial charge in [-0.3, -0.25) is 4.90 Å². The van der Waals surface area contributed by atoms with Crippen molar-refractivity contribution in [2.24, 2.45) is 0 Å². The summed E-state index contributed by atoms with van der Waals surface area (Å²) in [5.74, 6) is 0. The van der Waals surface area contributed by atoms with Crippen LogP contribution >= 0.6 is 0 Å². The molecule has 5 heteroatoms. The van der Waals surface area contributed by atoms with Gasteiger partial charge in [-0.05, 0) is 30.5 Å². The Labute approximate surface area is 173 Å². The minimum absolute atomic E-state index is 0.00384. The van der Waals surface area contributed by atoms with Gasteiger partial charge in [-0.25, -0.2) is 4.79 Å². The number of hydrogen-bond acceptors (Lipinski definition) is 4. The first kappa shape index (κ1) is 19.9. The second kappa shape index (κ2) is 8.56. The van der Waals surface area contributed by atoms with Crippen molar-refractivity contribution in [2.45, 2.75) is 38.5 Å². The third-order valence-electron chi connectivity index (χ3n) is 6.20. The van der Waals surface area contributed by atoms with Crippen LogP contribution in [0, 0.1) is 0 Å². The normalized spacial score (nSPS) is 24.2. The summed E-state index contributed by atoms with van der Waals surface area (Å²) in [5, 5.41) is 0. The van der Waals surface area contributed by atoms with Crippen LogP contribution in [0.5, 0.6) is 0 Å². The van der Waals surface area contributed by atoms with E-state index in [1.165, 1.54) is 5.56 Å². The van der Waals surface area contributed by atoms with Crippen molar-refractivity contribution < 1.29 is 14.3 Å². The van der Waals surface area contributed by atoms with E-state index in [9.17, 15) is 4.79 Å². The van der Waals surface area contributed by atoms with E-state index in [1.54, 1.807) is 0 Å². The summed E-state index contributed by atoms with van der Waals surface area (Å²) in [5.41, 5.74) is 2.88. The summed E-state index contributed by atoms with van der Waals surface area (Å²) in [7, 11) is 0. The highest BCUT2D eigenvalue weighted by Crippen LogP contribution is 2.36. The summed E-state index contributed by atoms with van der Waals surface area (Å²) >= 11 is 0. The van der Waals surface area contributed by atoms with Gasteiger partial charge in [0.2, 0.25) is 0 Å². The fourth-order valence-corrected chi connectivity index (χ4v) is 4.17. The van der Waals surface area contributed by atoms with E-state index in [0.29, 0.717) is 6.54 Å². The molecule has 0 aromatic heterocycles. The highest BCUT2D eigenvalue weighted by Gasteiger charge is 2.39. The number of hydrogen-bond donors (Lipinski definition) is 0. The molecule has 0 saturated carbocycles. The van der Waals surface area contributed by atoms with Crippen LogP contribution in [0.4, 0.5) is 4.79 Å². The lowest BCUT2D eigenvalue weighted by Gasteiger charge is -2.41. The summed E-state index contributed by atoms with van der Waals surface area (Å²) < 4.78 is 11.4. The number of carbonyl (C=O) groups excluding carboxylic acids is 1. The Hall–Kier alpha value is -2.37. The van der Waals surface area contributed by atoms with E-state index >= 15 is 0 Å². The van der Waals surface area contributed by atoms with Gasteiger partial charge in [0.15, 0.2) is 0 Å². The Balaban J connectivity index is 1.41. The molecule has 0 aliphatic carbocycles. The molecule has 5 nitrogen and oxygen atoms in total. The molecule has 0 N–H and O–H groups in total. The van der Waals surface area contributed by atoms with Crippen molar-refractivity contribution in [1.82, 2.24) is 9.80 Å². The second-order valence-corrected chi connectivity index (χ2v) is 8.21. The van der Waals surface area contributed by atoms with Gasteiger partial charge in [0.25, 0.3) is 0 Å². The highest BCUT2D eigenvalue weighted by molar-refractivity contribution is 5.70. The van der Waals surface area contributed by atoms with E-state index in [0.717, 1.165) is 50.4 Å². The lowest BCUT2D eigenvalue weighted by atomic mass is 9.89. The van der Waals surface area contributed by atoms with Gasteiger partial charge in [-0.2, -0.15) is 0 Å². The maximum atomic E-state index is 12.8. The van der Waals surface area contributed by atoms with E-state index in [1.807, 2.05) is 30.0 Å². The van der Waals surface area contributed by atoms with Gasteiger partial charge >= 0.3 is 6.09 Å². The van der Waals surface area contributed by atoms with Crippen molar-refractivity contribution in [2.75, 3.05) is 32.8 Å². The number of morpholine rings is 1. The first-order chi connectivity index (χ1) is 14.0. The van der Waals surface area contributed by atoms with Crippen molar-refractivity contribution in [3.63, 3.8) is 0 Å². The quantitative estimate of drug-likeness (QED) is 0.757. The van der Waals surface area contributed by atoms with Crippen molar-refractivity contribution in [3.05, 3.63) is 71.3 Å². The molecule has 154 valence electrons. The molecule has 0 spiro atoms. The third kappa shape index (κ3) is 4.46. The molecule has 4 rings (SSSR count). The largest absolute Gasteiger partial charge is 0.438 e. The van der Waals surface area contributed by atoms with Crippen LogP contribution in [0.2, 0.25) is 0 Å². The molecule has 2 saturated heterocycles. The Morgan fingerprint density at radius 1 is 1.00 bits per heavy atom. The highest BCUT2D eigenvalue weighted by atomic mass is 16.6. The predicted octanol–water partition coefficient (Wildman–Crippen LogP) is 4.34. The summed E-state index contributed by atoms with van der Waals surface area (Å²) in [6.07, 6.45) is 0.533. The minimum Gasteiger partial charge on any atom is -0.438 e. The topological polar surface area (TPSA) is 42.0 Å². The molecule has 2 fully saturated rings. The van der Waals surface area contributed by atoms with E-state index in [4.69, 9.17) is 9.47 Å². The molecule has 2 aliphatic rings. The zero-order chi connectivity index (χ0) is 20.3. The zero-order valence-electron chi connectivity index (χ0n) is 17.3. The van der Waals surface area contributed by atoms with Crippen LogP contribution in [0.3, 0.4) is 0 Å². The lowest BCUT2D eigenvalue weighted by molar-refractivity contribution is -0.0491. The summed E-state index contributed by atoms with van der Waals surface area (Å²) in [4.78, 5) is 17.0. The Morgan fingerprint density at radius 2 is 1.69 bits per heavy atom. The average molecular weight is 395 g/mol. The van der Waals surface area contributed by atoms with Gasteiger partial charge in [-0.15, -0.1) is 0 Å². The molecular weight excluding hydrogens is 364 g/mol. The van der Waals surface area contributed by atoms with Crippen LogP contribution in [0.25, 0.3) is 0 Å². The third-order valence-corrected chi connectivity index (χ3v) is 6.20. The molecule has 1 amide bonds. The predicted molar refractivity (Wildman–Crippen MR) is 113 cm³/mol. The van der Waals surface area contributed by atoms with Gasteiger partial charge in [0.1, 0.15) is 5.60 Å². The van der Waals surface area contributed by atoms with Crippen LogP contribution in [-0.4, -0.2) is 48.7 Å². The van der Waals surface area contributed by atoms with Crippen molar-refractivity contribution in [1.29, 1.82) is 0 Å². The molecule has 2 aliphatic heterocycles. The van der Waals surface area contributed by atoms with Crippen molar-refractivity contribution in [3.8, 4) is 0 Å². The molecule has 2 heterocycles. The van der Waals surface area contributed by atoms with E-state index in [-0.39, 0.29) is 12.1 Å². The van der Waals surface area contributed by atoms with Crippen LogP contribution in [0.15, 0.2) is 54.6 Å². The number of rotatable bonds is 5. The van der Waals surface area contributed by atoms with Gasteiger partial charge in [0, 0.05) is 32.6 Å². The number of amides is 1. The maximum Gasteiger partial charge on any atom is 0.411 e. The SMILES string of the molecule is C[C@@H](c1ccccc1)N1CC[C@@](C)(c2ccc(CN3CCOCC3)cc2)OC1=O. The van der Waals surface area contributed by atoms with E-state index in [2.05, 4.69) is 48.2 Å². The lowest BCUT2D eigenvalue weighted by Crippen LogP contribution is -2.47. The fraction of sp³-hybridized carbons (Fsp3) is 0.458. The van der Waals surface area contributed by atoms with Gasteiger partial charge in [-0.1, -0.05) is 54.6 Å². The number of cyclic esters (lactones) is 1. The van der Waals surface area contributed by atoms with Crippen LogP contribution in [-0.2, 0) is 21.6 Å². The molecule has 0 unspecified atom stereocenters. The average Bonchev–Trinajstić information content (AvgIpc) is 2.75. The fourth-order valence-electron chi connectivity index (χ4n) is 4.17. The first-order valence-corrected chi connectivity index (χ1v) is 10.5. The van der Waals surface area contributed by atoms with Crippen molar-refractivity contribution >= 4 is 6.09 Å². The standard InChI is InChI=1S/C24H30N2O3/c1-19(21-6-4-3-5-7-21)26-13-12-24(2,29-23(26)27)22-10-8-20(9-11-22)18-25-14-16-28-17-15-25/h3-11,19H,12-18H2,1-2H3/t19-,24-/m0/s1. The molecular formula is C24H30N2O3. The zero-order valence-corrected chi connectivity index (χ0v) is 17.3. The van der Waals surface area contributed by atoms with Crippen LogP contribution < -0.4 is 0 Å². The number of ether oxygens (including phenoxy) is 2. The van der Waals surface area contributed by atoms with E-state index < -0.39 is 5.60 Å². The smallest absolute Gasteiger partial charge is 0.411 e.